The van der Waals surface area contributed by atoms with Crippen LogP contribution in [0.15, 0.2) is 42.5 Å². The predicted molar refractivity (Wildman–Crippen MR) is 93.2 cm³/mol. The molecule has 0 saturated heterocycles. The zero-order valence-corrected chi connectivity index (χ0v) is 14.6. The van der Waals surface area contributed by atoms with Crippen molar-refractivity contribution in [3.8, 4) is 5.75 Å². The van der Waals surface area contributed by atoms with Gasteiger partial charge in [0.15, 0.2) is 12.4 Å². The number of anilines is 1. The molecule has 1 aliphatic rings. The van der Waals surface area contributed by atoms with E-state index in [4.69, 9.17) is 4.74 Å². The molecule has 0 radical (unpaired) electrons. The van der Waals surface area contributed by atoms with Gasteiger partial charge in [-0.1, -0.05) is 6.07 Å². The number of nitrogens with zero attached hydrogens (tertiary/aromatic N) is 1. The number of hydrogen-bond acceptors (Lipinski definition) is 4. The molecule has 1 aliphatic heterocycles. The van der Waals surface area contributed by atoms with Gasteiger partial charge in [-0.15, -0.1) is 0 Å². The molecule has 0 fully saturated rings. The Morgan fingerprint density at radius 1 is 1.24 bits per heavy atom. The average molecular weight is 363 g/mol. The van der Waals surface area contributed by atoms with Crippen LogP contribution >= 0.6 is 0 Å². The molecule has 3 rings (SSSR count). The summed E-state index contributed by atoms with van der Waals surface area (Å²) in [7, 11) is -3.31. The van der Waals surface area contributed by atoms with Crippen molar-refractivity contribution in [1.82, 2.24) is 0 Å². The van der Waals surface area contributed by atoms with Crippen molar-refractivity contribution in [2.24, 2.45) is 0 Å². The molecule has 1 heterocycles. The summed E-state index contributed by atoms with van der Waals surface area (Å²) in [6, 6.07) is 10.6. The number of hydrogen-bond donors (Lipinski definition) is 0. The van der Waals surface area contributed by atoms with E-state index in [1.165, 1.54) is 22.5 Å². The average Bonchev–Trinajstić information content (AvgIpc) is 3.03. The number of fused-ring (bicyclic) bond motifs is 1. The first-order valence-electron chi connectivity index (χ1n) is 7.95. The van der Waals surface area contributed by atoms with Gasteiger partial charge in [0.25, 0.3) is 0 Å². The molecule has 25 heavy (non-hydrogen) atoms. The first-order valence-corrected chi connectivity index (χ1v) is 9.56. The zero-order valence-electron chi connectivity index (χ0n) is 13.7. The summed E-state index contributed by atoms with van der Waals surface area (Å²) in [6.45, 7) is 1.79. The fourth-order valence-electron chi connectivity index (χ4n) is 2.78. The lowest BCUT2D eigenvalue weighted by atomic mass is 10.1. The Morgan fingerprint density at radius 2 is 2.04 bits per heavy atom. The van der Waals surface area contributed by atoms with Gasteiger partial charge in [0.2, 0.25) is 10.0 Å². The maximum atomic E-state index is 13.1. The number of ketones is 1. The second-order valence-corrected chi connectivity index (χ2v) is 7.92. The summed E-state index contributed by atoms with van der Waals surface area (Å²) in [5, 5.41) is 0. The van der Waals surface area contributed by atoms with Crippen LogP contribution in [0.25, 0.3) is 0 Å². The Bertz CT molecular complexity index is 911. The molecule has 2 aromatic carbocycles. The molecular weight excluding hydrogens is 345 g/mol. The van der Waals surface area contributed by atoms with Crippen molar-refractivity contribution in [2.75, 3.05) is 23.2 Å². The second-order valence-electron chi connectivity index (χ2n) is 5.74. The van der Waals surface area contributed by atoms with Crippen molar-refractivity contribution >= 4 is 21.5 Å². The Labute approximate surface area is 146 Å². The van der Waals surface area contributed by atoms with Gasteiger partial charge in [-0.05, 0) is 49.2 Å². The van der Waals surface area contributed by atoms with Crippen LogP contribution in [-0.2, 0) is 16.4 Å². The van der Waals surface area contributed by atoms with E-state index < -0.39 is 15.8 Å². The fourth-order valence-corrected chi connectivity index (χ4v) is 3.94. The monoisotopic (exact) mass is 363 g/mol. The van der Waals surface area contributed by atoms with Gasteiger partial charge < -0.3 is 4.74 Å². The maximum absolute atomic E-state index is 13.1. The van der Waals surface area contributed by atoms with Gasteiger partial charge in [-0.3, -0.25) is 9.10 Å². The summed E-state index contributed by atoms with van der Waals surface area (Å²) in [5.41, 5.74) is 1.91. The number of rotatable bonds is 6. The summed E-state index contributed by atoms with van der Waals surface area (Å²) in [6.07, 6.45) is 0.570. The smallest absolute Gasteiger partial charge is 0.234 e. The molecule has 132 valence electrons. The molecule has 7 heteroatoms. The van der Waals surface area contributed by atoms with E-state index in [2.05, 4.69) is 0 Å². The Hall–Kier alpha value is -2.41. The summed E-state index contributed by atoms with van der Waals surface area (Å²) in [5.74, 6) is -0.354. The van der Waals surface area contributed by atoms with Gasteiger partial charge in [0.05, 0.1) is 11.4 Å². The predicted octanol–water partition coefficient (Wildman–Crippen LogP) is 2.80. The van der Waals surface area contributed by atoms with Crippen LogP contribution in [-0.4, -0.2) is 33.1 Å². The van der Waals surface area contributed by atoms with E-state index in [0.717, 1.165) is 5.56 Å². The molecule has 0 bridgehead atoms. The third-order valence-corrected chi connectivity index (χ3v) is 5.90. The second kappa shape index (κ2) is 6.84. The summed E-state index contributed by atoms with van der Waals surface area (Å²) < 4.78 is 44.0. The summed E-state index contributed by atoms with van der Waals surface area (Å²) in [4.78, 5) is 12.3. The highest BCUT2D eigenvalue weighted by Gasteiger charge is 2.28. The number of sulfonamides is 1. The lowest BCUT2D eigenvalue weighted by Gasteiger charge is -2.18. The normalized spacial score (nSPS) is 13.6. The lowest BCUT2D eigenvalue weighted by Crippen LogP contribution is -2.30. The van der Waals surface area contributed by atoms with Crippen molar-refractivity contribution in [3.05, 3.63) is 59.4 Å². The van der Waals surface area contributed by atoms with Crippen LogP contribution in [0.1, 0.15) is 22.8 Å². The Kier molecular flexibility index (Phi) is 4.76. The van der Waals surface area contributed by atoms with Gasteiger partial charge in [0.1, 0.15) is 11.6 Å². The van der Waals surface area contributed by atoms with Crippen LogP contribution in [0.5, 0.6) is 5.75 Å². The van der Waals surface area contributed by atoms with E-state index in [9.17, 15) is 17.6 Å². The van der Waals surface area contributed by atoms with Crippen LogP contribution < -0.4 is 9.04 Å². The molecule has 0 unspecified atom stereocenters. The van der Waals surface area contributed by atoms with E-state index in [1.807, 2.05) is 0 Å². The molecule has 5 nitrogen and oxygen atoms in total. The minimum atomic E-state index is -3.31. The molecule has 0 atom stereocenters. The van der Waals surface area contributed by atoms with E-state index in [0.29, 0.717) is 24.2 Å². The van der Waals surface area contributed by atoms with Gasteiger partial charge in [-0.2, -0.15) is 0 Å². The van der Waals surface area contributed by atoms with Gasteiger partial charge >= 0.3 is 0 Å². The third kappa shape index (κ3) is 3.66. The van der Waals surface area contributed by atoms with Gasteiger partial charge in [-0.25, -0.2) is 12.8 Å². The first-order chi connectivity index (χ1) is 11.9. The molecule has 0 aliphatic carbocycles. The molecule has 0 spiro atoms. The minimum absolute atomic E-state index is 0.0363. The minimum Gasteiger partial charge on any atom is -0.485 e. The van der Waals surface area contributed by atoms with Crippen molar-refractivity contribution in [2.45, 2.75) is 13.3 Å². The maximum Gasteiger partial charge on any atom is 0.234 e. The number of Topliss-reactive ketones (excluding diaryl/α,β-unsaturated/α-hetero) is 1. The van der Waals surface area contributed by atoms with E-state index in [1.54, 1.807) is 31.2 Å². The summed E-state index contributed by atoms with van der Waals surface area (Å²) >= 11 is 0. The first kappa shape index (κ1) is 17.4. The topological polar surface area (TPSA) is 63.7 Å². The number of carbonyl (C=O) groups excluding carboxylic acids is 1. The van der Waals surface area contributed by atoms with Crippen LogP contribution in [0.4, 0.5) is 10.1 Å². The van der Waals surface area contributed by atoms with Crippen molar-refractivity contribution in [3.63, 3.8) is 0 Å². The number of benzene rings is 2. The molecule has 0 amide bonds. The quantitative estimate of drug-likeness (QED) is 0.741. The fraction of sp³-hybridized carbons (Fsp3) is 0.278. The Balaban J connectivity index is 1.73. The molecule has 0 aromatic heterocycles. The number of ether oxygens (including phenoxy) is 1. The van der Waals surface area contributed by atoms with Crippen molar-refractivity contribution in [1.29, 1.82) is 0 Å². The van der Waals surface area contributed by atoms with Crippen LogP contribution in [0, 0.1) is 5.82 Å². The highest BCUT2D eigenvalue weighted by molar-refractivity contribution is 7.92. The highest BCUT2D eigenvalue weighted by Crippen LogP contribution is 2.31. The van der Waals surface area contributed by atoms with Gasteiger partial charge in [0, 0.05) is 18.2 Å². The largest absolute Gasteiger partial charge is 0.485 e. The van der Waals surface area contributed by atoms with E-state index >= 15 is 0 Å². The van der Waals surface area contributed by atoms with E-state index in [-0.39, 0.29) is 23.9 Å². The number of halogens is 1. The zero-order chi connectivity index (χ0) is 18.0. The highest BCUT2D eigenvalue weighted by atomic mass is 32.2. The molecule has 0 saturated carbocycles. The van der Waals surface area contributed by atoms with Crippen LogP contribution in [0.2, 0.25) is 0 Å². The third-order valence-electron chi connectivity index (χ3n) is 4.12. The molecule has 2 aromatic rings. The van der Waals surface area contributed by atoms with Crippen LogP contribution in [0.3, 0.4) is 0 Å². The SMILES string of the molecule is CCS(=O)(=O)N1CCc2cc(C(=O)COc3cccc(F)c3)ccc21. The Morgan fingerprint density at radius 3 is 2.76 bits per heavy atom. The molecular formula is C18H18FNO4S. The molecule has 0 N–H and O–H groups in total. The standard InChI is InChI=1S/C18H18FNO4S/c1-2-25(22,23)20-9-8-13-10-14(6-7-17(13)20)18(21)12-24-16-5-3-4-15(19)11-16/h3-7,10-11H,2,8-9,12H2,1H3. The lowest BCUT2D eigenvalue weighted by molar-refractivity contribution is 0.0921. The number of carbonyl (C=O) groups is 1. The van der Waals surface area contributed by atoms with Crippen molar-refractivity contribution < 1.29 is 22.3 Å².